The van der Waals surface area contributed by atoms with Gasteiger partial charge < -0.3 is 4.57 Å². The maximum absolute atomic E-state index is 11.6. The molecule has 3 N–H and O–H groups in total. The number of aromatic nitrogens is 1. The van der Waals surface area contributed by atoms with Gasteiger partial charge in [-0.05, 0) is 24.5 Å². The van der Waals surface area contributed by atoms with E-state index in [-0.39, 0.29) is 5.91 Å². The number of nitrogen functional groups attached to an aromatic ring is 1. The van der Waals surface area contributed by atoms with Crippen LogP contribution in [0.4, 0.5) is 0 Å². The van der Waals surface area contributed by atoms with Crippen molar-refractivity contribution in [2.45, 2.75) is 40.2 Å². The minimum Gasteiger partial charge on any atom is -0.340 e. The third-order valence-corrected chi connectivity index (χ3v) is 2.49. The number of amides is 1. The Hall–Kier alpha value is -1.29. The lowest BCUT2D eigenvalue weighted by Gasteiger charge is -2.14. The molecule has 0 aliphatic heterocycles. The van der Waals surface area contributed by atoms with Crippen LogP contribution in [0.5, 0.6) is 0 Å². The Labute approximate surface area is 96.8 Å². The molecule has 0 fully saturated rings. The number of carbonyl (C=O) groups excluding carboxylic acids is 1. The Morgan fingerprint density at radius 1 is 1.50 bits per heavy atom. The highest BCUT2D eigenvalue weighted by Crippen LogP contribution is 2.14. The van der Waals surface area contributed by atoms with Gasteiger partial charge in [-0.25, -0.2) is 5.84 Å². The molecule has 0 aromatic carbocycles. The summed E-state index contributed by atoms with van der Waals surface area (Å²) in [6.45, 7) is 7.26. The van der Waals surface area contributed by atoms with Crippen molar-refractivity contribution in [1.29, 1.82) is 0 Å². The molecule has 16 heavy (non-hydrogen) atoms. The molecular formula is C12H21N3O. The lowest BCUT2D eigenvalue weighted by Crippen LogP contribution is -2.32. The SMILES string of the molecule is CCCc1ccc(C(=O)NN)n1CC(C)C. The summed E-state index contributed by atoms with van der Waals surface area (Å²) in [5.41, 5.74) is 4.05. The zero-order valence-electron chi connectivity index (χ0n) is 10.3. The van der Waals surface area contributed by atoms with Crippen molar-refractivity contribution in [2.24, 2.45) is 11.8 Å². The van der Waals surface area contributed by atoms with E-state index in [9.17, 15) is 4.79 Å². The summed E-state index contributed by atoms with van der Waals surface area (Å²) >= 11 is 0. The van der Waals surface area contributed by atoms with Crippen LogP contribution < -0.4 is 11.3 Å². The first-order chi connectivity index (χ1) is 7.60. The van der Waals surface area contributed by atoms with Crippen LogP contribution in [0.3, 0.4) is 0 Å². The Balaban J connectivity index is 3.03. The van der Waals surface area contributed by atoms with Crippen LogP contribution >= 0.6 is 0 Å². The second-order valence-corrected chi connectivity index (χ2v) is 4.44. The van der Waals surface area contributed by atoms with Gasteiger partial charge in [0, 0.05) is 12.2 Å². The van der Waals surface area contributed by atoms with Crippen molar-refractivity contribution >= 4 is 5.91 Å². The summed E-state index contributed by atoms with van der Waals surface area (Å²) in [6.07, 6.45) is 2.07. The monoisotopic (exact) mass is 223 g/mol. The van der Waals surface area contributed by atoms with E-state index < -0.39 is 0 Å². The van der Waals surface area contributed by atoms with Gasteiger partial charge in [0.2, 0.25) is 0 Å². The highest BCUT2D eigenvalue weighted by molar-refractivity contribution is 5.92. The first-order valence-electron chi connectivity index (χ1n) is 5.79. The molecule has 1 aromatic rings. The number of nitrogens with one attached hydrogen (secondary N) is 1. The number of nitrogens with zero attached hydrogens (tertiary/aromatic N) is 1. The molecule has 1 heterocycles. The van der Waals surface area contributed by atoms with Gasteiger partial charge in [-0.2, -0.15) is 0 Å². The summed E-state index contributed by atoms with van der Waals surface area (Å²) in [5, 5.41) is 0. The molecule has 0 saturated heterocycles. The van der Waals surface area contributed by atoms with Crippen molar-refractivity contribution in [3.05, 3.63) is 23.5 Å². The van der Waals surface area contributed by atoms with Crippen LogP contribution in [0.15, 0.2) is 12.1 Å². The first kappa shape index (κ1) is 12.8. The van der Waals surface area contributed by atoms with E-state index in [0.29, 0.717) is 11.6 Å². The number of nitrogens with two attached hydrogens (primary N) is 1. The van der Waals surface area contributed by atoms with Gasteiger partial charge in [-0.15, -0.1) is 0 Å². The Kier molecular flexibility index (Phi) is 4.55. The molecule has 0 radical (unpaired) electrons. The van der Waals surface area contributed by atoms with Gasteiger partial charge in [-0.1, -0.05) is 27.2 Å². The van der Waals surface area contributed by atoms with Crippen LogP contribution in [0.2, 0.25) is 0 Å². The van der Waals surface area contributed by atoms with Gasteiger partial charge in [0.15, 0.2) is 0 Å². The lowest BCUT2D eigenvalue weighted by molar-refractivity contribution is 0.0943. The van der Waals surface area contributed by atoms with Gasteiger partial charge in [0.1, 0.15) is 5.69 Å². The summed E-state index contributed by atoms with van der Waals surface area (Å²) < 4.78 is 2.07. The minimum absolute atomic E-state index is 0.219. The highest BCUT2D eigenvalue weighted by atomic mass is 16.2. The van der Waals surface area contributed by atoms with E-state index >= 15 is 0 Å². The number of hydrogen-bond acceptors (Lipinski definition) is 2. The summed E-state index contributed by atoms with van der Waals surface area (Å²) in [5.74, 6) is 5.46. The fraction of sp³-hybridized carbons (Fsp3) is 0.583. The third kappa shape index (κ3) is 2.85. The maximum Gasteiger partial charge on any atom is 0.281 e. The van der Waals surface area contributed by atoms with Crippen molar-refractivity contribution in [3.63, 3.8) is 0 Å². The topological polar surface area (TPSA) is 60.1 Å². The van der Waals surface area contributed by atoms with Crippen molar-refractivity contribution < 1.29 is 4.79 Å². The smallest absolute Gasteiger partial charge is 0.281 e. The fourth-order valence-corrected chi connectivity index (χ4v) is 1.84. The number of rotatable bonds is 5. The Morgan fingerprint density at radius 3 is 2.69 bits per heavy atom. The molecular weight excluding hydrogens is 202 g/mol. The quantitative estimate of drug-likeness (QED) is 0.453. The van der Waals surface area contributed by atoms with Crippen LogP contribution in [0, 0.1) is 5.92 Å². The van der Waals surface area contributed by atoms with Gasteiger partial charge in [0.25, 0.3) is 5.91 Å². The van der Waals surface area contributed by atoms with Crippen LogP contribution in [0.25, 0.3) is 0 Å². The van der Waals surface area contributed by atoms with E-state index in [1.807, 2.05) is 12.1 Å². The summed E-state index contributed by atoms with van der Waals surface area (Å²) in [7, 11) is 0. The number of hydrazine groups is 1. The average molecular weight is 223 g/mol. The second kappa shape index (κ2) is 5.70. The first-order valence-corrected chi connectivity index (χ1v) is 5.79. The van der Waals surface area contributed by atoms with E-state index in [2.05, 4.69) is 30.8 Å². The maximum atomic E-state index is 11.6. The Morgan fingerprint density at radius 2 is 2.19 bits per heavy atom. The standard InChI is InChI=1S/C12H21N3O/c1-4-5-10-6-7-11(12(16)14-13)15(10)8-9(2)3/h6-7,9H,4-5,8,13H2,1-3H3,(H,14,16). The van der Waals surface area contributed by atoms with Crippen LogP contribution in [0.1, 0.15) is 43.4 Å². The van der Waals surface area contributed by atoms with Gasteiger partial charge >= 0.3 is 0 Å². The molecule has 0 atom stereocenters. The number of carbonyl (C=O) groups is 1. The largest absolute Gasteiger partial charge is 0.340 e. The van der Waals surface area contributed by atoms with Crippen LogP contribution in [-0.2, 0) is 13.0 Å². The molecule has 0 unspecified atom stereocenters. The van der Waals surface area contributed by atoms with E-state index in [1.165, 1.54) is 5.69 Å². The second-order valence-electron chi connectivity index (χ2n) is 4.44. The Bertz CT molecular complexity index is 355. The molecule has 1 aromatic heterocycles. The van der Waals surface area contributed by atoms with Gasteiger partial charge in [-0.3, -0.25) is 10.2 Å². The fourth-order valence-electron chi connectivity index (χ4n) is 1.84. The average Bonchev–Trinajstić information content (AvgIpc) is 2.61. The molecule has 1 amide bonds. The van der Waals surface area contributed by atoms with Crippen molar-refractivity contribution in [1.82, 2.24) is 9.99 Å². The van der Waals surface area contributed by atoms with E-state index in [1.54, 1.807) is 0 Å². The zero-order valence-corrected chi connectivity index (χ0v) is 10.3. The molecule has 0 bridgehead atoms. The number of hydrogen-bond donors (Lipinski definition) is 2. The third-order valence-electron chi connectivity index (χ3n) is 2.49. The predicted octanol–water partition coefficient (Wildman–Crippen LogP) is 1.70. The molecule has 0 saturated carbocycles. The molecule has 1 rings (SSSR count). The molecule has 0 aliphatic carbocycles. The molecule has 90 valence electrons. The molecule has 0 spiro atoms. The van der Waals surface area contributed by atoms with E-state index in [4.69, 9.17) is 5.84 Å². The molecule has 4 heteroatoms. The minimum atomic E-state index is -0.219. The van der Waals surface area contributed by atoms with Crippen molar-refractivity contribution in [2.75, 3.05) is 0 Å². The zero-order chi connectivity index (χ0) is 12.1. The molecule has 4 nitrogen and oxygen atoms in total. The van der Waals surface area contributed by atoms with Gasteiger partial charge in [0.05, 0.1) is 0 Å². The highest BCUT2D eigenvalue weighted by Gasteiger charge is 2.14. The van der Waals surface area contributed by atoms with Crippen molar-refractivity contribution in [3.8, 4) is 0 Å². The van der Waals surface area contributed by atoms with Crippen LogP contribution in [-0.4, -0.2) is 10.5 Å². The summed E-state index contributed by atoms with van der Waals surface area (Å²) in [4.78, 5) is 11.6. The predicted molar refractivity (Wildman–Crippen MR) is 64.9 cm³/mol. The summed E-state index contributed by atoms with van der Waals surface area (Å²) in [6, 6.07) is 3.85. The molecule has 0 aliphatic rings. The normalized spacial score (nSPS) is 10.8. The van der Waals surface area contributed by atoms with E-state index in [0.717, 1.165) is 19.4 Å². The number of aryl methyl sites for hydroxylation is 1. The lowest BCUT2D eigenvalue weighted by atomic mass is 10.2.